The molecule has 9 heteroatoms. The number of hydrogen-bond acceptors (Lipinski definition) is 6. The van der Waals surface area contributed by atoms with Crippen molar-refractivity contribution in [3.8, 4) is 11.4 Å². The summed E-state index contributed by atoms with van der Waals surface area (Å²) < 4.78 is 40.3. The summed E-state index contributed by atoms with van der Waals surface area (Å²) in [6.45, 7) is 0. The lowest BCUT2D eigenvalue weighted by Crippen LogP contribution is -2.16. The second kappa shape index (κ2) is 6.08. The van der Waals surface area contributed by atoms with E-state index in [0.29, 0.717) is 5.56 Å². The molecule has 1 heterocycles. The average molecular weight is 334 g/mol. The van der Waals surface area contributed by atoms with Crippen LogP contribution in [0, 0.1) is 5.82 Å². The standard InChI is InChI=1S/C12H13ClFN3O3S/c1-21(18,19)5-4-10(15)12-16-11(17-20-12)7-2-3-9(14)8(13)6-7/h2-3,6,10H,4-5,15H2,1H3. The van der Waals surface area contributed by atoms with E-state index in [4.69, 9.17) is 21.9 Å². The number of sulfone groups is 1. The van der Waals surface area contributed by atoms with Crippen molar-refractivity contribution in [1.82, 2.24) is 10.1 Å². The van der Waals surface area contributed by atoms with E-state index in [2.05, 4.69) is 10.1 Å². The highest BCUT2D eigenvalue weighted by atomic mass is 35.5. The van der Waals surface area contributed by atoms with E-state index in [1.54, 1.807) is 0 Å². The molecular weight excluding hydrogens is 321 g/mol. The van der Waals surface area contributed by atoms with Crippen LogP contribution in [-0.4, -0.2) is 30.6 Å². The molecule has 0 bridgehead atoms. The van der Waals surface area contributed by atoms with Gasteiger partial charge in [0.1, 0.15) is 15.7 Å². The minimum Gasteiger partial charge on any atom is -0.337 e. The van der Waals surface area contributed by atoms with Crippen molar-refractivity contribution in [3.05, 3.63) is 34.9 Å². The van der Waals surface area contributed by atoms with Crippen molar-refractivity contribution in [2.45, 2.75) is 12.5 Å². The maximum Gasteiger partial charge on any atom is 0.243 e. The van der Waals surface area contributed by atoms with Crippen LogP contribution in [0.4, 0.5) is 4.39 Å². The van der Waals surface area contributed by atoms with Crippen molar-refractivity contribution in [1.29, 1.82) is 0 Å². The zero-order valence-electron chi connectivity index (χ0n) is 11.1. The maximum atomic E-state index is 13.1. The molecule has 1 aromatic heterocycles. The first-order chi connectivity index (χ1) is 9.76. The summed E-state index contributed by atoms with van der Waals surface area (Å²) in [5.41, 5.74) is 6.28. The third kappa shape index (κ3) is 4.23. The second-order valence-electron chi connectivity index (χ2n) is 4.61. The fraction of sp³-hybridized carbons (Fsp3) is 0.333. The first kappa shape index (κ1) is 15.9. The summed E-state index contributed by atoms with van der Waals surface area (Å²) in [5.74, 6) is -0.293. The lowest BCUT2D eigenvalue weighted by molar-refractivity contribution is 0.352. The molecule has 0 saturated carbocycles. The quantitative estimate of drug-likeness (QED) is 0.898. The molecule has 114 valence electrons. The van der Waals surface area contributed by atoms with Gasteiger partial charge in [-0.1, -0.05) is 16.8 Å². The van der Waals surface area contributed by atoms with Gasteiger partial charge in [-0.3, -0.25) is 0 Å². The number of benzene rings is 1. The van der Waals surface area contributed by atoms with E-state index in [9.17, 15) is 12.8 Å². The maximum absolute atomic E-state index is 13.1. The average Bonchev–Trinajstić information content (AvgIpc) is 2.88. The van der Waals surface area contributed by atoms with E-state index in [1.165, 1.54) is 18.2 Å². The summed E-state index contributed by atoms with van der Waals surface area (Å²) in [5, 5.41) is 3.67. The second-order valence-corrected chi connectivity index (χ2v) is 7.28. The molecule has 1 unspecified atom stereocenters. The van der Waals surface area contributed by atoms with Crippen LogP contribution in [0.25, 0.3) is 11.4 Å². The van der Waals surface area contributed by atoms with Crippen molar-refractivity contribution in [3.63, 3.8) is 0 Å². The number of hydrogen-bond donors (Lipinski definition) is 1. The van der Waals surface area contributed by atoms with Gasteiger partial charge in [-0.2, -0.15) is 4.98 Å². The van der Waals surface area contributed by atoms with Gasteiger partial charge in [0.25, 0.3) is 0 Å². The Hall–Kier alpha value is -1.51. The summed E-state index contributed by atoms with van der Waals surface area (Å²) in [7, 11) is -3.11. The minimum atomic E-state index is -3.11. The van der Waals surface area contributed by atoms with Gasteiger partial charge in [-0.25, -0.2) is 12.8 Å². The van der Waals surface area contributed by atoms with E-state index < -0.39 is 21.7 Å². The summed E-state index contributed by atoms with van der Waals surface area (Å²) in [4.78, 5) is 4.07. The largest absolute Gasteiger partial charge is 0.337 e. The Labute approximate surface area is 126 Å². The molecule has 0 amide bonds. The molecule has 2 rings (SSSR count). The molecule has 6 nitrogen and oxygen atoms in total. The van der Waals surface area contributed by atoms with Crippen molar-refractivity contribution in [2.24, 2.45) is 5.73 Å². The highest BCUT2D eigenvalue weighted by Crippen LogP contribution is 2.24. The Morgan fingerprint density at radius 1 is 1.48 bits per heavy atom. The third-order valence-electron chi connectivity index (χ3n) is 2.74. The van der Waals surface area contributed by atoms with Crippen LogP contribution in [0.5, 0.6) is 0 Å². The minimum absolute atomic E-state index is 0.0553. The molecule has 0 aliphatic rings. The zero-order chi connectivity index (χ0) is 15.6. The van der Waals surface area contributed by atoms with Crippen LogP contribution in [-0.2, 0) is 9.84 Å². The molecular formula is C12H13ClFN3O3S. The number of halogens is 2. The highest BCUT2D eigenvalue weighted by molar-refractivity contribution is 7.90. The number of nitrogens with zero attached hydrogens (tertiary/aromatic N) is 2. The van der Waals surface area contributed by atoms with Crippen LogP contribution in [0.2, 0.25) is 5.02 Å². The smallest absolute Gasteiger partial charge is 0.243 e. The molecule has 1 aromatic carbocycles. The molecule has 0 saturated heterocycles. The van der Waals surface area contributed by atoms with Gasteiger partial charge in [-0.15, -0.1) is 0 Å². The van der Waals surface area contributed by atoms with E-state index in [0.717, 1.165) is 6.26 Å². The normalized spacial score (nSPS) is 13.3. The fourth-order valence-electron chi connectivity index (χ4n) is 1.60. The molecule has 2 aromatic rings. The Morgan fingerprint density at radius 3 is 2.81 bits per heavy atom. The monoisotopic (exact) mass is 333 g/mol. The van der Waals surface area contributed by atoms with Gasteiger partial charge in [-0.05, 0) is 24.6 Å². The van der Waals surface area contributed by atoms with Gasteiger partial charge in [0.15, 0.2) is 0 Å². The first-order valence-electron chi connectivity index (χ1n) is 5.98. The van der Waals surface area contributed by atoms with Crippen molar-refractivity contribution < 1.29 is 17.3 Å². The van der Waals surface area contributed by atoms with Crippen LogP contribution in [0.1, 0.15) is 18.4 Å². The summed E-state index contributed by atoms with van der Waals surface area (Å²) in [6.07, 6.45) is 1.30. The van der Waals surface area contributed by atoms with E-state index in [1.807, 2.05) is 0 Å². The van der Waals surface area contributed by atoms with Gasteiger partial charge >= 0.3 is 0 Å². The first-order valence-corrected chi connectivity index (χ1v) is 8.42. The molecule has 1 atom stereocenters. The number of aromatic nitrogens is 2. The lowest BCUT2D eigenvalue weighted by Gasteiger charge is -2.04. The van der Waals surface area contributed by atoms with E-state index in [-0.39, 0.29) is 28.9 Å². The van der Waals surface area contributed by atoms with Gasteiger partial charge < -0.3 is 10.3 Å². The van der Waals surface area contributed by atoms with Crippen molar-refractivity contribution in [2.75, 3.05) is 12.0 Å². The van der Waals surface area contributed by atoms with E-state index >= 15 is 0 Å². The highest BCUT2D eigenvalue weighted by Gasteiger charge is 2.18. The van der Waals surface area contributed by atoms with Crippen LogP contribution in [0.3, 0.4) is 0 Å². The SMILES string of the molecule is CS(=O)(=O)CCC(N)c1nc(-c2ccc(F)c(Cl)c2)no1. The Balaban J connectivity index is 2.15. The summed E-state index contributed by atoms with van der Waals surface area (Å²) in [6, 6.07) is 3.33. The third-order valence-corrected chi connectivity index (χ3v) is 4.00. The predicted octanol–water partition coefficient (Wildman–Crippen LogP) is 1.96. The van der Waals surface area contributed by atoms with Gasteiger partial charge in [0.2, 0.25) is 11.7 Å². The lowest BCUT2D eigenvalue weighted by atomic mass is 10.2. The molecule has 0 radical (unpaired) electrons. The Morgan fingerprint density at radius 2 is 2.19 bits per heavy atom. The zero-order valence-corrected chi connectivity index (χ0v) is 12.7. The predicted molar refractivity (Wildman–Crippen MR) is 76.0 cm³/mol. The molecule has 0 spiro atoms. The molecule has 0 fully saturated rings. The summed E-state index contributed by atoms with van der Waals surface area (Å²) >= 11 is 5.68. The molecule has 0 aliphatic carbocycles. The van der Waals surface area contributed by atoms with Crippen LogP contribution in [0.15, 0.2) is 22.7 Å². The molecule has 0 aliphatic heterocycles. The number of nitrogens with two attached hydrogens (primary N) is 1. The fourth-order valence-corrected chi connectivity index (χ4v) is 2.47. The van der Waals surface area contributed by atoms with Crippen molar-refractivity contribution >= 4 is 21.4 Å². The Bertz CT molecular complexity index is 748. The van der Waals surface area contributed by atoms with Crippen LogP contribution >= 0.6 is 11.6 Å². The molecule has 2 N–H and O–H groups in total. The van der Waals surface area contributed by atoms with Crippen LogP contribution < -0.4 is 5.73 Å². The van der Waals surface area contributed by atoms with Gasteiger partial charge in [0, 0.05) is 11.8 Å². The van der Waals surface area contributed by atoms with Gasteiger partial charge in [0.05, 0.1) is 16.8 Å². The Kier molecular flexibility index (Phi) is 4.60. The molecule has 21 heavy (non-hydrogen) atoms. The number of rotatable bonds is 5. The topological polar surface area (TPSA) is 99.1 Å².